The third-order valence-electron chi connectivity index (χ3n) is 3.96. The number of nitrogens with zero attached hydrogens (tertiary/aromatic N) is 5. The first-order valence-corrected chi connectivity index (χ1v) is 9.12. The summed E-state index contributed by atoms with van der Waals surface area (Å²) in [5.41, 5.74) is 0.0827. The van der Waals surface area contributed by atoms with E-state index in [1.807, 2.05) is 27.7 Å². The SMILES string of the molecule is Cc1nc(N2CCN(C(=O)OC(C)(C)C)CC2)c2cnc(Cl)c(Cl)c2n1. The summed E-state index contributed by atoms with van der Waals surface area (Å²) < 4.78 is 5.44. The Bertz CT molecular complexity index is 845. The van der Waals surface area contributed by atoms with Gasteiger partial charge in [0.25, 0.3) is 0 Å². The minimum Gasteiger partial charge on any atom is -0.444 e. The maximum atomic E-state index is 12.2. The molecule has 2 aromatic rings. The summed E-state index contributed by atoms with van der Waals surface area (Å²) in [7, 11) is 0. The van der Waals surface area contributed by atoms with Gasteiger partial charge in [0, 0.05) is 32.4 Å². The molecule has 0 aliphatic carbocycles. The zero-order valence-corrected chi connectivity index (χ0v) is 16.7. The monoisotopic (exact) mass is 397 g/mol. The highest BCUT2D eigenvalue weighted by molar-refractivity contribution is 6.44. The lowest BCUT2D eigenvalue weighted by atomic mass is 10.2. The van der Waals surface area contributed by atoms with Crippen LogP contribution in [0.25, 0.3) is 10.9 Å². The van der Waals surface area contributed by atoms with Gasteiger partial charge in [-0.3, -0.25) is 0 Å². The molecule has 3 rings (SSSR count). The molecule has 0 radical (unpaired) electrons. The van der Waals surface area contributed by atoms with Crippen molar-refractivity contribution in [2.75, 3.05) is 31.1 Å². The molecule has 0 spiro atoms. The quantitative estimate of drug-likeness (QED) is 0.683. The highest BCUT2D eigenvalue weighted by Gasteiger charge is 2.27. The van der Waals surface area contributed by atoms with Crippen LogP contribution in [0, 0.1) is 6.92 Å². The Morgan fingerprint density at radius 1 is 1.15 bits per heavy atom. The summed E-state index contributed by atoms with van der Waals surface area (Å²) >= 11 is 12.3. The van der Waals surface area contributed by atoms with E-state index in [9.17, 15) is 4.79 Å². The normalized spacial score (nSPS) is 15.5. The Morgan fingerprint density at radius 3 is 2.42 bits per heavy atom. The van der Waals surface area contributed by atoms with Gasteiger partial charge < -0.3 is 14.5 Å². The lowest BCUT2D eigenvalue weighted by Crippen LogP contribution is -2.50. The number of aryl methyl sites for hydroxylation is 1. The lowest BCUT2D eigenvalue weighted by Gasteiger charge is -2.36. The summed E-state index contributed by atoms with van der Waals surface area (Å²) in [5.74, 6) is 1.36. The van der Waals surface area contributed by atoms with Crippen LogP contribution >= 0.6 is 23.2 Å². The molecule has 26 heavy (non-hydrogen) atoms. The molecule has 0 atom stereocenters. The molecule has 9 heteroatoms. The number of carbonyl (C=O) groups is 1. The second-order valence-electron chi connectivity index (χ2n) is 7.17. The number of rotatable bonds is 1. The van der Waals surface area contributed by atoms with Crippen molar-refractivity contribution in [3.05, 3.63) is 22.2 Å². The van der Waals surface area contributed by atoms with Crippen LogP contribution < -0.4 is 4.90 Å². The fourth-order valence-corrected chi connectivity index (χ4v) is 3.13. The van der Waals surface area contributed by atoms with Crippen LogP contribution in [0.5, 0.6) is 0 Å². The molecule has 7 nitrogen and oxygen atoms in total. The van der Waals surface area contributed by atoms with Gasteiger partial charge in [0.05, 0.1) is 10.9 Å². The van der Waals surface area contributed by atoms with E-state index in [0.29, 0.717) is 42.5 Å². The molecule has 0 aromatic carbocycles. The maximum Gasteiger partial charge on any atom is 0.410 e. The number of carbonyl (C=O) groups excluding carboxylic acids is 1. The van der Waals surface area contributed by atoms with E-state index >= 15 is 0 Å². The van der Waals surface area contributed by atoms with Gasteiger partial charge in [-0.05, 0) is 27.7 Å². The Labute approximate surface area is 162 Å². The number of hydrogen-bond acceptors (Lipinski definition) is 6. The van der Waals surface area contributed by atoms with Crippen molar-refractivity contribution in [2.24, 2.45) is 0 Å². The van der Waals surface area contributed by atoms with Crippen LogP contribution in [-0.2, 0) is 4.74 Å². The van der Waals surface area contributed by atoms with E-state index in [-0.39, 0.29) is 11.2 Å². The molecule has 1 amide bonds. The Morgan fingerprint density at radius 2 is 1.81 bits per heavy atom. The van der Waals surface area contributed by atoms with E-state index in [4.69, 9.17) is 27.9 Å². The van der Waals surface area contributed by atoms with Gasteiger partial charge in [-0.2, -0.15) is 0 Å². The molecular formula is C17H21Cl2N5O2. The molecular weight excluding hydrogens is 377 g/mol. The average Bonchev–Trinajstić information content (AvgIpc) is 2.56. The number of aromatic nitrogens is 3. The Balaban J connectivity index is 1.82. The second kappa shape index (κ2) is 7.04. The van der Waals surface area contributed by atoms with Gasteiger partial charge in [-0.25, -0.2) is 19.7 Å². The zero-order chi connectivity index (χ0) is 19.1. The van der Waals surface area contributed by atoms with E-state index in [1.165, 1.54) is 0 Å². The first kappa shape index (κ1) is 18.9. The van der Waals surface area contributed by atoms with Crippen molar-refractivity contribution in [1.29, 1.82) is 0 Å². The number of pyridine rings is 1. The average molecular weight is 398 g/mol. The second-order valence-corrected chi connectivity index (χ2v) is 7.91. The summed E-state index contributed by atoms with van der Waals surface area (Å²) in [6.07, 6.45) is 1.34. The van der Waals surface area contributed by atoms with Crippen LogP contribution in [-0.4, -0.2) is 57.7 Å². The Kier molecular flexibility index (Phi) is 5.12. The minimum atomic E-state index is -0.504. The molecule has 1 aliphatic heterocycles. The van der Waals surface area contributed by atoms with E-state index in [2.05, 4.69) is 19.9 Å². The molecule has 0 saturated carbocycles. The zero-order valence-electron chi connectivity index (χ0n) is 15.2. The number of piperazine rings is 1. The van der Waals surface area contributed by atoms with Crippen LogP contribution in [0.3, 0.4) is 0 Å². The van der Waals surface area contributed by atoms with Gasteiger partial charge in [-0.15, -0.1) is 0 Å². The third kappa shape index (κ3) is 3.94. The van der Waals surface area contributed by atoms with Crippen molar-refractivity contribution in [3.63, 3.8) is 0 Å². The molecule has 1 saturated heterocycles. The number of ether oxygens (including phenoxy) is 1. The van der Waals surface area contributed by atoms with E-state index < -0.39 is 5.60 Å². The molecule has 140 valence electrons. The summed E-state index contributed by atoms with van der Waals surface area (Å²) in [6.45, 7) is 9.75. The maximum absolute atomic E-state index is 12.2. The summed E-state index contributed by atoms with van der Waals surface area (Å²) in [5, 5.41) is 1.29. The predicted octanol–water partition coefficient (Wildman–Crippen LogP) is 3.70. The number of hydrogen-bond donors (Lipinski definition) is 0. The third-order valence-corrected chi connectivity index (χ3v) is 4.71. The molecule has 1 fully saturated rings. The Hall–Kier alpha value is -1.86. The smallest absolute Gasteiger partial charge is 0.410 e. The predicted molar refractivity (Wildman–Crippen MR) is 102 cm³/mol. The number of fused-ring (bicyclic) bond motifs is 1. The highest BCUT2D eigenvalue weighted by atomic mass is 35.5. The minimum absolute atomic E-state index is 0.220. The van der Waals surface area contributed by atoms with Crippen molar-refractivity contribution in [3.8, 4) is 0 Å². The topological polar surface area (TPSA) is 71.5 Å². The molecule has 1 aliphatic rings. The van der Waals surface area contributed by atoms with Crippen LogP contribution in [0.1, 0.15) is 26.6 Å². The van der Waals surface area contributed by atoms with Crippen LogP contribution in [0.2, 0.25) is 10.2 Å². The van der Waals surface area contributed by atoms with Crippen LogP contribution in [0.15, 0.2) is 6.20 Å². The molecule has 0 unspecified atom stereocenters. The highest BCUT2D eigenvalue weighted by Crippen LogP contribution is 2.32. The van der Waals surface area contributed by atoms with Crippen molar-refractivity contribution in [1.82, 2.24) is 19.9 Å². The number of anilines is 1. The van der Waals surface area contributed by atoms with Crippen molar-refractivity contribution >= 4 is 46.0 Å². The fourth-order valence-electron chi connectivity index (χ4n) is 2.80. The van der Waals surface area contributed by atoms with Gasteiger partial charge in [0.2, 0.25) is 0 Å². The summed E-state index contributed by atoms with van der Waals surface area (Å²) in [6, 6.07) is 0. The molecule has 0 N–H and O–H groups in total. The lowest BCUT2D eigenvalue weighted by molar-refractivity contribution is 0.0240. The number of amides is 1. The van der Waals surface area contributed by atoms with E-state index in [1.54, 1.807) is 11.1 Å². The van der Waals surface area contributed by atoms with Crippen molar-refractivity contribution in [2.45, 2.75) is 33.3 Å². The first-order valence-electron chi connectivity index (χ1n) is 8.37. The van der Waals surface area contributed by atoms with Crippen LogP contribution in [0.4, 0.5) is 10.6 Å². The standard InChI is InChI=1S/C17H21Cl2N5O2/c1-10-21-13-11(9-20-14(19)12(13)18)15(22-10)23-5-7-24(8-6-23)16(25)26-17(2,3)4/h9H,5-8H2,1-4H3. The molecule has 2 aromatic heterocycles. The van der Waals surface area contributed by atoms with Crippen molar-refractivity contribution < 1.29 is 9.53 Å². The molecule has 0 bridgehead atoms. The number of halogens is 2. The van der Waals surface area contributed by atoms with Gasteiger partial charge >= 0.3 is 6.09 Å². The van der Waals surface area contributed by atoms with Gasteiger partial charge in [0.15, 0.2) is 0 Å². The molecule has 3 heterocycles. The van der Waals surface area contributed by atoms with Gasteiger partial charge in [0.1, 0.15) is 27.4 Å². The summed E-state index contributed by atoms with van der Waals surface area (Å²) in [4.78, 5) is 29.1. The van der Waals surface area contributed by atoms with Gasteiger partial charge in [-0.1, -0.05) is 23.2 Å². The fraction of sp³-hybridized carbons (Fsp3) is 0.529. The first-order chi connectivity index (χ1) is 12.2. The van der Waals surface area contributed by atoms with E-state index in [0.717, 1.165) is 11.2 Å². The largest absolute Gasteiger partial charge is 0.444 e.